The first-order chi connectivity index (χ1) is 6.24. The predicted octanol–water partition coefficient (Wildman–Crippen LogP) is 3.28. The van der Waals surface area contributed by atoms with E-state index < -0.39 is 0 Å². The fourth-order valence-electron chi connectivity index (χ4n) is 1.20. The first-order valence-corrected chi connectivity index (χ1v) is 5.20. The monoisotopic (exact) mass is 197 g/mol. The zero-order chi connectivity index (χ0) is 9.68. The molecule has 0 fully saturated rings. The second kappa shape index (κ2) is 5.23. The summed E-state index contributed by atoms with van der Waals surface area (Å²) < 4.78 is 0. The van der Waals surface area contributed by atoms with Gasteiger partial charge in [-0.3, -0.25) is 4.98 Å². The maximum absolute atomic E-state index is 6.25. The predicted molar refractivity (Wildman–Crippen MR) is 57.0 cm³/mol. The van der Waals surface area contributed by atoms with Gasteiger partial charge < -0.3 is 0 Å². The highest BCUT2D eigenvalue weighted by Gasteiger charge is 2.12. The molecule has 1 rings (SSSR count). The zero-order valence-electron chi connectivity index (χ0n) is 8.20. The molecule has 0 aliphatic carbocycles. The summed E-state index contributed by atoms with van der Waals surface area (Å²) in [5.41, 5.74) is 1.27. The van der Waals surface area contributed by atoms with Gasteiger partial charge in [0.1, 0.15) is 0 Å². The average Bonchev–Trinajstić information content (AvgIpc) is 2.18. The summed E-state index contributed by atoms with van der Waals surface area (Å²) in [6.45, 7) is 4.37. The number of pyridine rings is 1. The van der Waals surface area contributed by atoms with Crippen molar-refractivity contribution >= 4 is 11.6 Å². The van der Waals surface area contributed by atoms with E-state index in [1.165, 1.54) is 5.56 Å². The molecular formula is C11H16ClN. The van der Waals surface area contributed by atoms with Crippen LogP contribution in [-0.4, -0.2) is 10.4 Å². The van der Waals surface area contributed by atoms with E-state index in [0.717, 1.165) is 12.8 Å². The lowest BCUT2D eigenvalue weighted by atomic mass is 9.99. The Balaban J connectivity index is 2.50. The smallest absolute Gasteiger partial charge is 0.0401 e. The third kappa shape index (κ3) is 3.35. The van der Waals surface area contributed by atoms with Gasteiger partial charge in [0, 0.05) is 17.8 Å². The van der Waals surface area contributed by atoms with Crippen molar-refractivity contribution in [3.8, 4) is 0 Å². The summed E-state index contributed by atoms with van der Waals surface area (Å²) in [7, 11) is 0. The SMILES string of the molecule is CCC(C)C(Cl)Cc1ccncc1. The van der Waals surface area contributed by atoms with Gasteiger partial charge >= 0.3 is 0 Å². The Bertz CT molecular complexity index is 235. The van der Waals surface area contributed by atoms with E-state index in [-0.39, 0.29) is 5.38 Å². The molecule has 0 N–H and O–H groups in total. The van der Waals surface area contributed by atoms with E-state index in [1.54, 1.807) is 0 Å². The quantitative estimate of drug-likeness (QED) is 0.676. The van der Waals surface area contributed by atoms with Crippen LogP contribution in [-0.2, 0) is 6.42 Å². The molecule has 0 radical (unpaired) electrons. The van der Waals surface area contributed by atoms with Gasteiger partial charge in [-0.1, -0.05) is 20.3 Å². The van der Waals surface area contributed by atoms with Crippen LogP contribution in [0.5, 0.6) is 0 Å². The molecule has 1 aromatic rings. The molecule has 0 aromatic carbocycles. The van der Waals surface area contributed by atoms with Crippen molar-refractivity contribution in [3.05, 3.63) is 30.1 Å². The van der Waals surface area contributed by atoms with Crippen LogP contribution in [0.15, 0.2) is 24.5 Å². The summed E-state index contributed by atoms with van der Waals surface area (Å²) in [5.74, 6) is 0.579. The minimum Gasteiger partial charge on any atom is -0.265 e. The van der Waals surface area contributed by atoms with Gasteiger partial charge in [-0.2, -0.15) is 0 Å². The second-order valence-electron chi connectivity index (χ2n) is 3.46. The third-order valence-corrected chi connectivity index (χ3v) is 3.03. The number of hydrogen-bond donors (Lipinski definition) is 0. The van der Waals surface area contributed by atoms with Gasteiger partial charge in [-0.25, -0.2) is 0 Å². The molecule has 0 saturated heterocycles. The van der Waals surface area contributed by atoms with Gasteiger partial charge in [-0.15, -0.1) is 11.6 Å². The normalized spacial score (nSPS) is 15.3. The van der Waals surface area contributed by atoms with Crippen LogP contribution in [0.4, 0.5) is 0 Å². The summed E-state index contributed by atoms with van der Waals surface area (Å²) in [4.78, 5) is 3.97. The highest BCUT2D eigenvalue weighted by molar-refractivity contribution is 6.20. The number of alkyl halides is 1. The van der Waals surface area contributed by atoms with Crippen LogP contribution >= 0.6 is 11.6 Å². The molecule has 0 spiro atoms. The molecular weight excluding hydrogens is 182 g/mol. The fraction of sp³-hybridized carbons (Fsp3) is 0.545. The van der Waals surface area contributed by atoms with Gasteiger partial charge in [0.05, 0.1) is 0 Å². The molecule has 0 aliphatic rings. The third-order valence-electron chi connectivity index (χ3n) is 2.44. The van der Waals surface area contributed by atoms with Crippen LogP contribution in [0.1, 0.15) is 25.8 Å². The molecule has 0 aliphatic heterocycles. The van der Waals surface area contributed by atoms with Gasteiger partial charge in [0.25, 0.3) is 0 Å². The van der Waals surface area contributed by atoms with Gasteiger partial charge in [0.2, 0.25) is 0 Å². The largest absolute Gasteiger partial charge is 0.265 e. The summed E-state index contributed by atoms with van der Waals surface area (Å²) in [5, 5.41) is 0.243. The Hall–Kier alpha value is -0.560. The van der Waals surface area contributed by atoms with Gasteiger partial charge in [0.15, 0.2) is 0 Å². The minimum absolute atomic E-state index is 0.243. The van der Waals surface area contributed by atoms with Crippen molar-refractivity contribution in [1.29, 1.82) is 0 Å². The summed E-state index contributed by atoms with van der Waals surface area (Å²) in [6, 6.07) is 4.05. The average molecular weight is 198 g/mol. The maximum Gasteiger partial charge on any atom is 0.0401 e. The molecule has 0 saturated carbocycles. The topological polar surface area (TPSA) is 12.9 Å². The number of nitrogens with zero attached hydrogens (tertiary/aromatic N) is 1. The standard InChI is InChI=1S/C11H16ClN/c1-3-9(2)11(12)8-10-4-6-13-7-5-10/h4-7,9,11H,3,8H2,1-2H3. The second-order valence-corrected chi connectivity index (χ2v) is 4.02. The van der Waals surface area contributed by atoms with Gasteiger partial charge in [-0.05, 0) is 30.0 Å². The van der Waals surface area contributed by atoms with Crippen molar-refractivity contribution in [2.75, 3.05) is 0 Å². The van der Waals surface area contributed by atoms with E-state index in [1.807, 2.05) is 24.5 Å². The molecule has 0 bridgehead atoms. The molecule has 2 heteroatoms. The molecule has 1 nitrogen and oxygen atoms in total. The summed E-state index contributed by atoms with van der Waals surface area (Å²) in [6.07, 6.45) is 5.71. The van der Waals surface area contributed by atoms with E-state index in [9.17, 15) is 0 Å². The van der Waals surface area contributed by atoms with Crippen LogP contribution in [0.25, 0.3) is 0 Å². The zero-order valence-corrected chi connectivity index (χ0v) is 8.96. The molecule has 1 heterocycles. The lowest BCUT2D eigenvalue weighted by Gasteiger charge is -2.15. The number of hydrogen-bond acceptors (Lipinski definition) is 1. The van der Waals surface area contributed by atoms with Crippen molar-refractivity contribution < 1.29 is 0 Å². The van der Waals surface area contributed by atoms with E-state index in [0.29, 0.717) is 5.92 Å². The van der Waals surface area contributed by atoms with Crippen molar-refractivity contribution in [3.63, 3.8) is 0 Å². The van der Waals surface area contributed by atoms with Crippen molar-refractivity contribution in [2.45, 2.75) is 32.1 Å². The highest BCUT2D eigenvalue weighted by Crippen LogP contribution is 2.18. The molecule has 1 aromatic heterocycles. The van der Waals surface area contributed by atoms with Crippen molar-refractivity contribution in [2.24, 2.45) is 5.92 Å². The number of aromatic nitrogens is 1. The first-order valence-electron chi connectivity index (χ1n) is 4.77. The molecule has 0 amide bonds. The maximum atomic E-state index is 6.25. The number of rotatable bonds is 4. The van der Waals surface area contributed by atoms with Crippen LogP contribution < -0.4 is 0 Å². The highest BCUT2D eigenvalue weighted by atomic mass is 35.5. The lowest BCUT2D eigenvalue weighted by molar-refractivity contribution is 0.525. The molecule has 72 valence electrons. The number of halogens is 1. The van der Waals surface area contributed by atoms with Crippen LogP contribution in [0.2, 0.25) is 0 Å². The Morgan fingerprint density at radius 3 is 2.54 bits per heavy atom. The lowest BCUT2D eigenvalue weighted by Crippen LogP contribution is -2.13. The fourth-order valence-corrected chi connectivity index (χ4v) is 1.56. The van der Waals surface area contributed by atoms with Crippen molar-refractivity contribution in [1.82, 2.24) is 4.98 Å². The van der Waals surface area contributed by atoms with E-state index in [2.05, 4.69) is 18.8 Å². The van der Waals surface area contributed by atoms with E-state index in [4.69, 9.17) is 11.6 Å². The molecule has 2 unspecified atom stereocenters. The Labute approximate surface area is 85.1 Å². The Kier molecular flexibility index (Phi) is 4.23. The molecule has 2 atom stereocenters. The minimum atomic E-state index is 0.243. The van der Waals surface area contributed by atoms with E-state index >= 15 is 0 Å². The first kappa shape index (κ1) is 10.5. The van der Waals surface area contributed by atoms with Crippen LogP contribution in [0, 0.1) is 5.92 Å². The van der Waals surface area contributed by atoms with Crippen LogP contribution in [0.3, 0.4) is 0 Å². The summed E-state index contributed by atoms with van der Waals surface area (Å²) >= 11 is 6.25. The Morgan fingerprint density at radius 2 is 2.00 bits per heavy atom. The Morgan fingerprint density at radius 1 is 1.38 bits per heavy atom. The molecule has 13 heavy (non-hydrogen) atoms.